The highest BCUT2D eigenvalue weighted by molar-refractivity contribution is 4.65. The molecule has 3 nitrogen and oxygen atoms in total. The lowest BCUT2D eigenvalue weighted by molar-refractivity contribution is 0.0545. The van der Waals surface area contributed by atoms with Gasteiger partial charge in [0.25, 0.3) is 0 Å². The molecule has 0 spiro atoms. The second-order valence-electron chi connectivity index (χ2n) is 4.61. The molecule has 1 unspecified atom stereocenters. The fourth-order valence-electron chi connectivity index (χ4n) is 1.92. The van der Waals surface area contributed by atoms with Crippen molar-refractivity contribution < 1.29 is 9.47 Å². The van der Waals surface area contributed by atoms with E-state index in [1.807, 2.05) is 0 Å². The van der Waals surface area contributed by atoms with Crippen molar-refractivity contribution in [2.45, 2.75) is 39.0 Å². The average Bonchev–Trinajstić information content (AvgIpc) is 2.34. The van der Waals surface area contributed by atoms with Crippen molar-refractivity contribution in [1.29, 1.82) is 0 Å². The highest BCUT2D eigenvalue weighted by atomic mass is 16.5. The number of ether oxygens (including phenoxy) is 2. The monoisotopic (exact) mass is 229 g/mol. The Hall–Kier alpha value is -0.120. The van der Waals surface area contributed by atoms with Crippen LogP contribution in [-0.2, 0) is 9.47 Å². The molecule has 1 aliphatic heterocycles. The molecule has 3 heteroatoms. The molecule has 1 atom stereocenters. The standard InChI is InChI=1S/C13H27NO2/c1-2-3-8-15-10-5-7-14-11-13-6-4-9-16-12-13/h13-14H,2-12H2,1H3. The van der Waals surface area contributed by atoms with Crippen molar-refractivity contribution in [3.8, 4) is 0 Å². The Morgan fingerprint density at radius 3 is 2.94 bits per heavy atom. The Kier molecular flexibility index (Phi) is 8.77. The van der Waals surface area contributed by atoms with E-state index in [0.29, 0.717) is 0 Å². The summed E-state index contributed by atoms with van der Waals surface area (Å²) in [6.07, 6.45) is 6.08. The molecule has 1 saturated heterocycles. The van der Waals surface area contributed by atoms with Crippen molar-refractivity contribution in [3.63, 3.8) is 0 Å². The molecule has 1 N–H and O–H groups in total. The maximum Gasteiger partial charge on any atom is 0.0506 e. The first-order valence-electron chi connectivity index (χ1n) is 6.79. The van der Waals surface area contributed by atoms with Gasteiger partial charge in [-0.1, -0.05) is 13.3 Å². The Morgan fingerprint density at radius 2 is 2.19 bits per heavy atom. The summed E-state index contributed by atoms with van der Waals surface area (Å²) in [5.41, 5.74) is 0. The minimum absolute atomic E-state index is 0.731. The molecule has 0 amide bonds. The quantitative estimate of drug-likeness (QED) is 0.615. The third-order valence-electron chi connectivity index (χ3n) is 2.97. The summed E-state index contributed by atoms with van der Waals surface area (Å²) < 4.78 is 10.9. The first-order chi connectivity index (χ1) is 7.93. The van der Waals surface area contributed by atoms with Crippen LogP contribution in [0.4, 0.5) is 0 Å². The van der Waals surface area contributed by atoms with Crippen LogP contribution >= 0.6 is 0 Å². The van der Waals surface area contributed by atoms with Crippen LogP contribution in [0, 0.1) is 5.92 Å². The zero-order valence-corrected chi connectivity index (χ0v) is 10.7. The highest BCUT2D eigenvalue weighted by Gasteiger charge is 2.12. The van der Waals surface area contributed by atoms with Crippen LogP contribution in [0.1, 0.15) is 39.0 Å². The number of unbranched alkanes of at least 4 members (excludes halogenated alkanes) is 1. The Bertz CT molecular complexity index is 147. The summed E-state index contributed by atoms with van der Waals surface area (Å²) in [5, 5.41) is 3.49. The van der Waals surface area contributed by atoms with E-state index in [-0.39, 0.29) is 0 Å². The van der Waals surface area contributed by atoms with Gasteiger partial charge in [0.05, 0.1) is 6.61 Å². The van der Waals surface area contributed by atoms with Gasteiger partial charge in [-0.15, -0.1) is 0 Å². The Balaban J connectivity index is 1.77. The fraction of sp³-hybridized carbons (Fsp3) is 1.00. The van der Waals surface area contributed by atoms with E-state index in [1.54, 1.807) is 0 Å². The van der Waals surface area contributed by atoms with Gasteiger partial charge < -0.3 is 14.8 Å². The molecule has 1 aliphatic rings. The molecule has 1 heterocycles. The third-order valence-corrected chi connectivity index (χ3v) is 2.97. The molecule has 1 rings (SSSR count). The highest BCUT2D eigenvalue weighted by Crippen LogP contribution is 2.11. The van der Waals surface area contributed by atoms with Gasteiger partial charge in [0.15, 0.2) is 0 Å². The molecule has 0 radical (unpaired) electrons. The number of hydrogen-bond acceptors (Lipinski definition) is 3. The van der Waals surface area contributed by atoms with Crippen LogP contribution in [0.25, 0.3) is 0 Å². The molecule has 0 bridgehead atoms. The second-order valence-corrected chi connectivity index (χ2v) is 4.61. The Labute approximate surface area is 99.9 Å². The van der Waals surface area contributed by atoms with E-state index in [0.717, 1.165) is 51.9 Å². The minimum atomic E-state index is 0.731. The van der Waals surface area contributed by atoms with Gasteiger partial charge in [0.2, 0.25) is 0 Å². The van der Waals surface area contributed by atoms with Crippen LogP contribution in [0.3, 0.4) is 0 Å². The normalized spacial score (nSPS) is 21.2. The van der Waals surface area contributed by atoms with Crippen LogP contribution in [-0.4, -0.2) is 39.5 Å². The van der Waals surface area contributed by atoms with E-state index in [1.165, 1.54) is 25.7 Å². The predicted octanol–water partition coefficient (Wildman–Crippen LogP) is 2.21. The molecule has 0 saturated carbocycles. The van der Waals surface area contributed by atoms with Crippen molar-refractivity contribution in [3.05, 3.63) is 0 Å². The molecular weight excluding hydrogens is 202 g/mol. The van der Waals surface area contributed by atoms with Gasteiger partial charge in [-0.3, -0.25) is 0 Å². The lowest BCUT2D eigenvalue weighted by Gasteiger charge is -2.22. The van der Waals surface area contributed by atoms with Crippen molar-refractivity contribution in [2.24, 2.45) is 5.92 Å². The summed E-state index contributed by atoms with van der Waals surface area (Å²) in [6.45, 7) is 8.09. The molecule has 0 aromatic heterocycles. The molecule has 96 valence electrons. The van der Waals surface area contributed by atoms with Crippen molar-refractivity contribution in [1.82, 2.24) is 5.32 Å². The zero-order valence-electron chi connectivity index (χ0n) is 10.7. The summed E-state index contributed by atoms with van der Waals surface area (Å²) in [7, 11) is 0. The molecule has 0 aromatic carbocycles. The zero-order chi connectivity index (χ0) is 11.5. The van der Waals surface area contributed by atoms with E-state index in [9.17, 15) is 0 Å². The molecule has 1 fully saturated rings. The lowest BCUT2D eigenvalue weighted by Crippen LogP contribution is -2.30. The number of nitrogens with one attached hydrogen (secondary N) is 1. The minimum Gasteiger partial charge on any atom is -0.381 e. The maximum absolute atomic E-state index is 5.50. The maximum atomic E-state index is 5.50. The summed E-state index contributed by atoms with van der Waals surface area (Å²) in [4.78, 5) is 0. The van der Waals surface area contributed by atoms with E-state index >= 15 is 0 Å². The van der Waals surface area contributed by atoms with E-state index < -0.39 is 0 Å². The average molecular weight is 229 g/mol. The summed E-state index contributed by atoms with van der Waals surface area (Å²) in [5.74, 6) is 0.731. The number of hydrogen-bond donors (Lipinski definition) is 1. The van der Waals surface area contributed by atoms with E-state index in [4.69, 9.17) is 9.47 Å². The van der Waals surface area contributed by atoms with Gasteiger partial charge in [-0.2, -0.15) is 0 Å². The van der Waals surface area contributed by atoms with Crippen molar-refractivity contribution >= 4 is 0 Å². The van der Waals surface area contributed by atoms with E-state index in [2.05, 4.69) is 12.2 Å². The van der Waals surface area contributed by atoms with Gasteiger partial charge in [0, 0.05) is 26.4 Å². The molecule has 0 aromatic rings. The van der Waals surface area contributed by atoms with Gasteiger partial charge in [-0.25, -0.2) is 0 Å². The van der Waals surface area contributed by atoms with Gasteiger partial charge in [0.1, 0.15) is 0 Å². The topological polar surface area (TPSA) is 30.5 Å². The summed E-state index contributed by atoms with van der Waals surface area (Å²) >= 11 is 0. The molecule has 16 heavy (non-hydrogen) atoms. The largest absolute Gasteiger partial charge is 0.381 e. The predicted molar refractivity (Wildman–Crippen MR) is 66.8 cm³/mol. The van der Waals surface area contributed by atoms with Crippen molar-refractivity contribution in [2.75, 3.05) is 39.5 Å². The number of rotatable bonds is 9. The second kappa shape index (κ2) is 10.1. The van der Waals surface area contributed by atoms with Crippen LogP contribution in [0.2, 0.25) is 0 Å². The fourth-order valence-corrected chi connectivity index (χ4v) is 1.92. The van der Waals surface area contributed by atoms with Gasteiger partial charge in [-0.05, 0) is 38.1 Å². The lowest BCUT2D eigenvalue weighted by atomic mass is 10.0. The first kappa shape index (κ1) is 13.9. The molecule has 0 aliphatic carbocycles. The molecular formula is C13H27NO2. The SMILES string of the molecule is CCCCOCCCNCC1CCCOC1. The van der Waals surface area contributed by atoms with Crippen LogP contribution in [0.15, 0.2) is 0 Å². The smallest absolute Gasteiger partial charge is 0.0506 e. The summed E-state index contributed by atoms with van der Waals surface area (Å²) in [6, 6.07) is 0. The van der Waals surface area contributed by atoms with Gasteiger partial charge >= 0.3 is 0 Å². The Morgan fingerprint density at radius 1 is 1.31 bits per heavy atom. The van der Waals surface area contributed by atoms with Crippen LogP contribution in [0.5, 0.6) is 0 Å². The van der Waals surface area contributed by atoms with Crippen LogP contribution < -0.4 is 5.32 Å². The third kappa shape index (κ3) is 7.20. The first-order valence-corrected chi connectivity index (χ1v) is 6.79.